The van der Waals surface area contributed by atoms with Crippen molar-refractivity contribution in [3.05, 3.63) is 52.7 Å². The zero-order valence-corrected chi connectivity index (χ0v) is 13.4. The van der Waals surface area contributed by atoms with Gasteiger partial charge in [-0.1, -0.05) is 6.92 Å². The number of aryl methyl sites for hydroxylation is 1. The molecule has 124 valence electrons. The van der Waals surface area contributed by atoms with Gasteiger partial charge < -0.3 is 10.3 Å². The number of carbonyl (C=O) groups excluding carboxylic acids is 1. The van der Waals surface area contributed by atoms with Crippen LogP contribution in [0.4, 0.5) is 4.39 Å². The topological polar surface area (TPSA) is 73.6 Å². The zero-order chi connectivity index (χ0) is 16.7. The first kappa shape index (κ1) is 14.9. The van der Waals surface area contributed by atoms with Crippen LogP contribution in [0.5, 0.6) is 0 Å². The number of aromatic amines is 2. The minimum atomic E-state index is -0.298. The van der Waals surface area contributed by atoms with E-state index in [1.807, 2.05) is 13.0 Å². The Morgan fingerprint density at radius 2 is 2.21 bits per heavy atom. The number of hydrogen-bond donors (Lipinski definition) is 3. The zero-order valence-electron chi connectivity index (χ0n) is 13.4. The lowest BCUT2D eigenvalue weighted by atomic mass is 10.1. The monoisotopic (exact) mass is 326 g/mol. The van der Waals surface area contributed by atoms with Crippen molar-refractivity contribution in [2.24, 2.45) is 0 Å². The predicted octanol–water partition coefficient (Wildman–Crippen LogP) is 3.40. The lowest BCUT2D eigenvalue weighted by Gasteiger charge is -2.04. The number of hydrogen-bond acceptors (Lipinski definition) is 2. The van der Waals surface area contributed by atoms with Gasteiger partial charge in [0.05, 0.1) is 17.9 Å². The van der Waals surface area contributed by atoms with Crippen molar-refractivity contribution in [2.45, 2.75) is 38.6 Å². The van der Waals surface area contributed by atoms with Crippen molar-refractivity contribution in [3.8, 4) is 0 Å². The number of carbonyl (C=O) groups is 1. The predicted molar refractivity (Wildman–Crippen MR) is 89.4 cm³/mol. The second-order valence-corrected chi connectivity index (χ2v) is 6.30. The number of amides is 1. The molecule has 1 fully saturated rings. The summed E-state index contributed by atoms with van der Waals surface area (Å²) in [6.07, 6.45) is 3.05. The second kappa shape index (κ2) is 5.78. The van der Waals surface area contributed by atoms with Crippen LogP contribution in [-0.2, 0) is 13.0 Å². The van der Waals surface area contributed by atoms with Crippen molar-refractivity contribution in [2.75, 3.05) is 0 Å². The smallest absolute Gasteiger partial charge is 0.268 e. The van der Waals surface area contributed by atoms with Crippen LogP contribution in [0.25, 0.3) is 10.9 Å². The molecule has 1 aliphatic carbocycles. The molecule has 1 amide bonds. The van der Waals surface area contributed by atoms with Crippen LogP contribution in [0.2, 0.25) is 0 Å². The molecule has 1 aromatic carbocycles. The van der Waals surface area contributed by atoms with Gasteiger partial charge in [-0.3, -0.25) is 9.89 Å². The quantitative estimate of drug-likeness (QED) is 0.672. The minimum absolute atomic E-state index is 0.189. The van der Waals surface area contributed by atoms with Gasteiger partial charge in [0, 0.05) is 16.8 Å². The second-order valence-electron chi connectivity index (χ2n) is 6.30. The summed E-state index contributed by atoms with van der Waals surface area (Å²) in [6, 6.07) is 6.54. The average Bonchev–Trinajstić information content (AvgIpc) is 3.21. The highest BCUT2D eigenvalue weighted by Gasteiger charge is 2.26. The van der Waals surface area contributed by atoms with Gasteiger partial charge in [0.25, 0.3) is 5.91 Å². The molecule has 1 saturated carbocycles. The first-order chi connectivity index (χ1) is 11.7. The number of benzene rings is 1. The standard InChI is InChI=1S/C18H19FN4O/c1-2-13-14-7-11(19)5-6-15(14)21-17(13)18(24)20-9-12-8-16(23-22-12)10-3-4-10/h5-8,10,21H,2-4,9H2,1H3,(H,20,24)(H,22,23). The maximum Gasteiger partial charge on any atom is 0.268 e. The van der Waals surface area contributed by atoms with E-state index in [9.17, 15) is 9.18 Å². The molecule has 0 radical (unpaired) electrons. The molecule has 0 unspecified atom stereocenters. The Morgan fingerprint density at radius 1 is 1.38 bits per heavy atom. The first-order valence-electron chi connectivity index (χ1n) is 8.28. The minimum Gasteiger partial charge on any atom is -0.350 e. The van der Waals surface area contributed by atoms with Gasteiger partial charge in [0.2, 0.25) is 0 Å². The van der Waals surface area contributed by atoms with E-state index in [1.165, 1.54) is 25.0 Å². The van der Waals surface area contributed by atoms with Gasteiger partial charge in [-0.05, 0) is 49.1 Å². The van der Waals surface area contributed by atoms with E-state index >= 15 is 0 Å². The van der Waals surface area contributed by atoms with Crippen molar-refractivity contribution in [1.82, 2.24) is 20.5 Å². The first-order valence-corrected chi connectivity index (χ1v) is 8.28. The van der Waals surface area contributed by atoms with E-state index in [0.29, 0.717) is 24.6 Å². The summed E-state index contributed by atoms with van der Waals surface area (Å²) >= 11 is 0. The SMILES string of the molecule is CCc1c(C(=O)NCc2cc(C3CC3)n[nH]2)[nH]c2ccc(F)cc12. The van der Waals surface area contributed by atoms with Crippen LogP contribution in [0, 0.1) is 5.82 Å². The molecule has 3 aromatic rings. The Labute approximate surface area is 138 Å². The summed E-state index contributed by atoms with van der Waals surface area (Å²) < 4.78 is 13.5. The van der Waals surface area contributed by atoms with Crippen molar-refractivity contribution >= 4 is 16.8 Å². The van der Waals surface area contributed by atoms with Crippen molar-refractivity contribution in [3.63, 3.8) is 0 Å². The van der Waals surface area contributed by atoms with Crippen LogP contribution in [0.15, 0.2) is 24.3 Å². The third kappa shape index (κ3) is 2.68. The molecule has 5 nitrogen and oxygen atoms in total. The highest BCUT2D eigenvalue weighted by molar-refractivity contribution is 6.01. The lowest BCUT2D eigenvalue weighted by Crippen LogP contribution is -2.24. The Bertz CT molecular complexity index is 907. The van der Waals surface area contributed by atoms with Gasteiger partial charge >= 0.3 is 0 Å². The Hall–Kier alpha value is -2.63. The van der Waals surface area contributed by atoms with Gasteiger partial charge in [0.1, 0.15) is 11.5 Å². The molecule has 24 heavy (non-hydrogen) atoms. The number of nitrogens with one attached hydrogen (secondary N) is 3. The molecule has 0 bridgehead atoms. The molecular weight excluding hydrogens is 307 g/mol. The van der Waals surface area contributed by atoms with Gasteiger partial charge in [-0.15, -0.1) is 0 Å². The third-order valence-corrected chi connectivity index (χ3v) is 4.53. The normalized spacial score (nSPS) is 14.2. The summed E-state index contributed by atoms with van der Waals surface area (Å²) in [5.74, 6) is 0.0975. The van der Waals surface area contributed by atoms with Crippen molar-refractivity contribution < 1.29 is 9.18 Å². The van der Waals surface area contributed by atoms with Gasteiger partial charge in [0.15, 0.2) is 0 Å². The molecule has 3 N–H and O–H groups in total. The van der Waals surface area contributed by atoms with Crippen LogP contribution in [-0.4, -0.2) is 21.1 Å². The number of nitrogens with zero attached hydrogens (tertiary/aromatic N) is 1. The summed E-state index contributed by atoms with van der Waals surface area (Å²) in [4.78, 5) is 15.6. The van der Waals surface area contributed by atoms with E-state index < -0.39 is 0 Å². The molecule has 0 spiro atoms. The van der Waals surface area contributed by atoms with Crippen LogP contribution in [0.1, 0.15) is 53.1 Å². The number of halogens is 1. The van der Waals surface area contributed by atoms with E-state index in [2.05, 4.69) is 20.5 Å². The number of rotatable bonds is 5. The number of aromatic nitrogens is 3. The molecule has 0 saturated heterocycles. The fraction of sp³-hybridized carbons (Fsp3) is 0.333. The van der Waals surface area contributed by atoms with E-state index in [-0.39, 0.29) is 11.7 Å². The molecule has 4 rings (SSSR count). The number of fused-ring (bicyclic) bond motifs is 1. The fourth-order valence-electron chi connectivity index (χ4n) is 3.10. The maximum absolute atomic E-state index is 13.5. The maximum atomic E-state index is 13.5. The Kier molecular flexibility index (Phi) is 3.59. The lowest BCUT2D eigenvalue weighted by molar-refractivity contribution is 0.0945. The molecule has 0 atom stereocenters. The summed E-state index contributed by atoms with van der Waals surface area (Å²) in [5.41, 5.74) is 4.08. The highest BCUT2D eigenvalue weighted by atomic mass is 19.1. The van der Waals surface area contributed by atoms with Crippen LogP contribution in [0.3, 0.4) is 0 Å². The molecule has 2 heterocycles. The summed E-state index contributed by atoms with van der Waals surface area (Å²) in [7, 11) is 0. The summed E-state index contributed by atoms with van der Waals surface area (Å²) in [5, 5.41) is 10.9. The van der Waals surface area contributed by atoms with Gasteiger partial charge in [-0.2, -0.15) is 5.10 Å². The van der Waals surface area contributed by atoms with E-state index in [0.717, 1.165) is 27.9 Å². The molecule has 1 aliphatic rings. The molecule has 6 heteroatoms. The van der Waals surface area contributed by atoms with E-state index in [1.54, 1.807) is 6.07 Å². The molecular formula is C18H19FN4O. The average molecular weight is 326 g/mol. The fourth-order valence-corrected chi connectivity index (χ4v) is 3.10. The van der Waals surface area contributed by atoms with Crippen LogP contribution < -0.4 is 5.32 Å². The largest absolute Gasteiger partial charge is 0.350 e. The van der Waals surface area contributed by atoms with Crippen molar-refractivity contribution in [1.29, 1.82) is 0 Å². The molecule has 2 aromatic heterocycles. The number of H-pyrrole nitrogens is 2. The third-order valence-electron chi connectivity index (χ3n) is 4.53. The van der Waals surface area contributed by atoms with E-state index in [4.69, 9.17) is 0 Å². The Balaban J connectivity index is 1.53. The highest BCUT2D eigenvalue weighted by Crippen LogP contribution is 2.38. The molecule has 0 aliphatic heterocycles. The van der Waals surface area contributed by atoms with Crippen LogP contribution >= 0.6 is 0 Å². The van der Waals surface area contributed by atoms with Gasteiger partial charge in [-0.25, -0.2) is 4.39 Å². The Morgan fingerprint density at radius 3 is 2.96 bits per heavy atom. The summed E-state index contributed by atoms with van der Waals surface area (Å²) in [6.45, 7) is 2.35.